The second-order valence-electron chi connectivity index (χ2n) is 5.81. The molecule has 6 nitrogen and oxygen atoms in total. The third-order valence-corrected chi connectivity index (χ3v) is 4.70. The van der Waals surface area contributed by atoms with Crippen LogP contribution in [0.3, 0.4) is 0 Å². The van der Waals surface area contributed by atoms with Crippen LogP contribution in [0.4, 0.5) is 0 Å². The number of nitrogens with zero attached hydrogens (tertiary/aromatic N) is 2. The van der Waals surface area contributed by atoms with Crippen LogP contribution in [0.5, 0.6) is 17.2 Å². The van der Waals surface area contributed by atoms with Gasteiger partial charge in [-0.15, -0.1) is 10.2 Å². The van der Waals surface area contributed by atoms with Crippen molar-refractivity contribution < 1.29 is 18.6 Å². The van der Waals surface area contributed by atoms with Crippen molar-refractivity contribution in [1.82, 2.24) is 10.2 Å². The van der Waals surface area contributed by atoms with Gasteiger partial charge in [0.25, 0.3) is 5.22 Å². The molecule has 4 rings (SSSR count). The number of rotatable bonds is 7. The maximum absolute atomic E-state index is 5.74. The molecule has 1 aliphatic heterocycles. The van der Waals surface area contributed by atoms with Crippen LogP contribution >= 0.6 is 11.8 Å². The highest BCUT2D eigenvalue weighted by Crippen LogP contribution is 2.36. The number of hydrogen-bond acceptors (Lipinski definition) is 7. The lowest BCUT2D eigenvalue weighted by atomic mass is 10.2. The summed E-state index contributed by atoms with van der Waals surface area (Å²) in [5.41, 5.74) is 2.01. The molecule has 0 amide bonds. The second kappa shape index (κ2) is 7.70. The fourth-order valence-electron chi connectivity index (χ4n) is 2.53. The van der Waals surface area contributed by atoms with E-state index in [0.717, 1.165) is 29.2 Å². The van der Waals surface area contributed by atoms with Crippen LogP contribution in [0.15, 0.2) is 52.1 Å². The zero-order valence-electron chi connectivity index (χ0n) is 14.3. The van der Waals surface area contributed by atoms with Crippen molar-refractivity contribution in [3.8, 4) is 28.7 Å². The molecule has 26 heavy (non-hydrogen) atoms. The van der Waals surface area contributed by atoms with Crippen molar-refractivity contribution in [2.45, 2.75) is 18.6 Å². The number of aromatic nitrogens is 2. The lowest BCUT2D eigenvalue weighted by Gasteiger charge is -2.05. The van der Waals surface area contributed by atoms with E-state index in [0.29, 0.717) is 23.5 Å². The van der Waals surface area contributed by atoms with E-state index in [1.54, 1.807) is 0 Å². The van der Waals surface area contributed by atoms with Gasteiger partial charge in [0, 0.05) is 11.3 Å². The zero-order valence-corrected chi connectivity index (χ0v) is 15.1. The molecule has 134 valence electrons. The first kappa shape index (κ1) is 16.8. The molecule has 0 fully saturated rings. The number of fused-ring (bicyclic) bond motifs is 1. The van der Waals surface area contributed by atoms with Crippen LogP contribution in [-0.4, -0.2) is 29.4 Å². The van der Waals surface area contributed by atoms with Crippen molar-refractivity contribution >= 4 is 11.8 Å². The summed E-state index contributed by atoms with van der Waals surface area (Å²) in [5, 5.41) is 8.74. The maximum atomic E-state index is 5.74. The van der Waals surface area contributed by atoms with Gasteiger partial charge >= 0.3 is 0 Å². The van der Waals surface area contributed by atoms with Gasteiger partial charge in [-0.3, -0.25) is 0 Å². The Balaban J connectivity index is 1.26. The van der Waals surface area contributed by atoms with E-state index in [1.807, 2.05) is 36.4 Å². The SMILES string of the molecule is Cc1cccc(OCCCSc2nnc(-c3ccc4c(c3)OCO4)o2)c1. The highest BCUT2D eigenvalue weighted by atomic mass is 32.2. The minimum Gasteiger partial charge on any atom is -0.494 e. The smallest absolute Gasteiger partial charge is 0.276 e. The molecule has 0 spiro atoms. The predicted molar refractivity (Wildman–Crippen MR) is 97.9 cm³/mol. The Morgan fingerprint density at radius 3 is 2.92 bits per heavy atom. The average Bonchev–Trinajstić information content (AvgIpc) is 3.30. The van der Waals surface area contributed by atoms with Gasteiger partial charge in [0.2, 0.25) is 12.7 Å². The normalized spacial score (nSPS) is 12.3. The summed E-state index contributed by atoms with van der Waals surface area (Å²) in [6, 6.07) is 13.6. The summed E-state index contributed by atoms with van der Waals surface area (Å²) >= 11 is 1.52. The Hall–Kier alpha value is -2.67. The minimum absolute atomic E-state index is 0.244. The van der Waals surface area contributed by atoms with Gasteiger partial charge in [-0.25, -0.2) is 0 Å². The molecule has 0 unspecified atom stereocenters. The molecular formula is C19H18N2O4S. The Bertz CT molecular complexity index is 897. The molecule has 0 N–H and O–H groups in total. The summed E-state index contributed by atoms with van der Waals surface area (Å²) in [4.78, 5) is 0. The first-order chi connectivity index (χ1) is 12.8. The molecule has 0 atom stereocenters. The zero-order chi connectivity index (χ0) is 17.8. The third-order valence-electron chi connectivity index (χ3n) is 3.80. The van der Waals surface area contributed by atoms with E-state index in [-0.39, 0.29) is 6.79 Å². The van der Waals surface area contributed by atoms with Crippen LogP contribution in [0.2, 0.25) is 0 Å². The van der Waals surface area contributed by atoms with Gasteiger partial charge < -0.3 is 18.6 Å². The minimum atomic E-state index is 0.244. The number of thioether (sulfide) groups is 1. The maximum Gasteiger partial charge on any atom is 0.276 e. The summed E-state index contributed by atoms with van der Waals surface area (Å²) in [6.45, 7) is 2.95. The summed E-state index contributed by atoms with van der Waals surface area (Å²) in [5.74, 6) is 3.65. The van der Waals surface area contributed by atoms with Gasteiger partial charge in [-0.2, -0.15) is 0 Å². The van der Waals surface area contributed by atoms with E-state index in [2.05, 4.69) is 23.2 Å². The van der Waals surface area contributed by atoms with Crippen LogP contribution in [0.1, 0.15) is 12.0 Å². The number of ether oxygens (including phenoxy) is 3. The highest BCUT2D eigenvalue weighted by molar-refractivity contribution is 7.99. The van der Waals surface area contributed by atoms with Crippen LogP contribution in [0, 0.1) is 6.92 Å². The van der Waals surface area contributed by atoms with E-state index in [1.165, 1.54) is 17.3 Å². The first-order valence-electron chi connectivity index (χ1n) is 8.34. The summed E-state index contributed by atoms with van der Waals surface area (Å²) in [6.07, 6.45) is 0.889. The monoisotopic (exact) mass is 370 g/mol. The molecule has 2 aromatic carbocycles. The van der Waals surface area contributed by atoms with E-state index in [9.17, 15) is 0 Å². The van der Waals surface area contributed by atoms with Crippen LogP contribution in [-0.2, 0) is 0 Å². The van der Waals surface area contributed by atoms with Crippen molar-refractivity contribution in [2.75, 3.05) is 19.2 Å². The Morgan fingerprint density at radius 2 is 2.00 bits per heavy atom. The van der Waals surface area contributed by atoms with Gasteiger partial charge in [0.1, 0.15) is 5.75 Å². The Morgan fingerprint density at radius 1 is 1.08 bits per heavy atom. The average molecular weight is 370 g/mol. The number of aryl methyl sites for hydroxylation is 1. The molecule has 1 aliphatic rings. The van der Waals surface area contributed by atoms with Gasteiger partial charge in [-0.05, 0) is 49.2 Å². The molecule has 0 bridgehead atoms. The quantitative estimate of drug-likeness (QED) is 0.453. The van der Waals surface area contributed by atoms with E-state index < -0.39 is 0 Å². The standard InChI is InChI=1S/C19H18N2O4S/c1-13-4-2-5-15(10-13)22-8-3-9-26-19-21-20-18(25-19)14-6-7-16-17(11-14)24-12-23-16/h2,4-7,10-11H,3,8-9,12H2,1H3. The fourth-order valence-corrected chi connectivity index (χ4v) is 3.20. The van der Waals surface area contributed by atoms with Gasteiger partial charge in [-0.1, -0.05) is 23.9 Å². The molecule has 3 aromatic rings. The lowest BCUT2D eigenvalue weighted by molar-refractivity contribution is 0.174. The van der Waals surface area contributed by atoms with Crippen molar-refractivity contribution in [3.05, 3.63) is 48.0 Å². The number of hydrogen-bond donors (Lipinski definition) is 0. The molecule has 0 saturated carbocycles. The molecule has 1 aromatic heterocycles. The fraction of sp³-hybridized carbons (Fsp3) is 0.263. The van der Waals surface area contributed by atoms with Crippen LogP contribution < -0.4 is 14.2 Å². The summed E-state index contributed by atoms with van der Waals surface area (Å²) in [7, 11) is 0. The Labute approximate surface area is 155 Å². The topological polar surface area (TPSA) is 66.6 Å². The molecular weight excluding hydrogens is 352 g/mol. The largest absolute Gasteiger partial charge is 0.494 e. The third kappa shape index (κ3) is 3.94. The molecule has 0 radical (unpaired) electrons. The number of benzene rings is 2. The van der Waals surface area contributed by atoms with Crippen molar-refractivity contribution in [3.63, 3.8) is 0 Å². The van der Waals surface area contributed by atoms with Gasteiger partial charge in [0.15, 0.2) is 11.5 Å². The second-order valence-corrected chi connectivity index (χ2v) is 6.85. The lowest BCUT2D eigenvalue weighted by Crippen LogP contribution is -1.98. The van der Waals surface area contributed by atoms with Gasteiger partial charge in [0.05, 0.1) is 6.61 Å². The van der Waals surface area contributed by atoms with Crippen molar-refractivity contribution in [1.29, 1.82) is 0 Å². The first-order valence-corrected chi connectivity index (χ1v) is 9.32. The molecule has 0 aliphatic carbocycles. The van der Waals surface area contributed by atoms with Crippen LogP contribution in [0.25, 0.3) is 11.5 Å². The molecule has 7 heteroatoms. The highest BCUT2D eigenvalue weighted by Gasteiger charge is 2.16. The molecule has 2 heterocycles. The summed E-state index contributed by atoms with van der Waals surface area (Å²) < 4.78 is 22.1. The molecule has 0 saturated heterocycles. The van der Waals surface area contributed by atoms with Crippen molar-refractivity contribution in [2.24, 2.45) is 0 Å². The van der Waals surface area contributed by atoms with E-state index >= 15 is 0 Å². The predicted octanol–water partition coefficient (Wildman–Crippen LogP) is 4.33. The van der Waals surface area contributed by atoms with E-state index in [4.69, 9.17) is 18.6 Å². The Kier molecular flexibility index (Phi) is 4.97.